The highest BCUT2D eigenvalue weighted by molar-refractivity contribution is 7.80. The zero-order valence-corrected chi connectivity index (χ0v) is 8.60. The van der Waals surface area contributed by atoms with E-state index in [4.69, 9.17) is 0 Å². The maximum absolute atomic E-state index is 13.1. The number of nitrogens with one attached hydrogen (secondary N) is 1. The molecule has 2 amide bonds. The first-order valence-electron chi connectivity index (χ1n) is 3.89. The molecular formula is C8H3F5N2OS. The van der Waals surface area contributed by atoms with E-state index in [1.54, 1.807) is 5.32 Å². The summed E-state index contributed by atoms with van der Waals surface area (Å²) in [5.41, 5.74) is 3.19. The molecule has 3 N–H and O–H groups in total. The third-order valence-electron chi connectivity index (χ3n) is 1.67. The van der Waals surface area contributed by atoms with Crippen LogP contribution in [-0.4, -0.2) is 11.0 Å². The van der Waals surface area contributed by atoms with Gasteiger partial charge in [-0.25, -0.2) is 26.7 Å². The van der Waals surface area contributed by atoms with Gasteiger partial charge >= 0.3 is 6.03 Å². The van der Waals surface area contributed by atoms with Crippen molar-refractivity contribution in [3.05, 3.63) is 34.6 Å². The predicted molar refractivity (Wildman–Crippen MR) is 50.7 cm³/mol. The molecule has 9 heteroatoms. The number of amides is 2. The van der Waals surface area contributed by atoms with E-state index < -0.39 is 45.7 Å². The number of hydrogen-bond donors (Lipinski definition) is 2. The molecular weight excluding hydrogens is 267 g/mol. The first kappa shape index (κ1) is 13.3. The zero-order chi connectivity index (χ0) is 13.3. The Balaban J connectivity index is 3.44. The summed E-state index contributed by atoms with van der Waals surface area (Å²) >= 11 is 4.29. The average molecular weight is 270 g/mol. The number of hydrogen-bond acceptors (Lipinski definition) is 2. The van der Waals surface area contributed by atoms with Gasteiger partial charge < -0.3 is 5.73 Å². The second-order valence-electron chi connectivity index (χ2n) is 2.76. The molecule has 0 radical (unpaired) electrons. The zero-order valence-electron chi connectivity index (χ0n) is 7.78. The number of urea groups is 1. The van der Waals surface area contributed by atoms with Gasteiger partial charge in [0.2, 0.25) is 5.82 Å². The van der Waals surface area contributed by atoms with E-state index in [1.165, 1.54) is 0 Å². The second kappa shape index (κ2) is 4.62. The van der Waals surface area contributed by atoms with Crippen molar-refractivity contribution >= 4 is 23.2 Å². The van der Waals surface area contributed by atoms with Crippen LogP contribution in [0, 0.1) is 29.1 Å². The van der Waals surface area contributed by atoms with Gasteiger partial charge in [-0.3, -0.25) is 5.32 Å². The van der Waals surface area contributed by atoms with Gasteiger partial charge in [-0.15, -0.1) is 0 Å². The summed E-state index contributed by atoms with van der Waals surface area (Å²) in [6, 6.07) is -1.29. The fraction of sp³-hybridized carbons (Fsp3) is 0. The number of halogens is 5. The molecule has 0 aliphatic heterocycles. The predicted octanol–water partition coefficient (Wildman–Crippen LogP) is 1.73. The van der Waals surface area contributed by atoms with E-state index >= 15 is 0 Å². The van der Waals surface area contributed by atoms with Crippen LogP contribution in [0.1, 0.15) is 5.56 Å². The van der Waals surface area contributed by atoms with Crippen LogP contribution in [0.2, 0.25) is 0 Å². The number of carbonyl (C=O) groups excluding carboxylic acids is 1. The maximum atomic E-state index is 13.1. The minimum Gasteiger partial charge on any atom is -0.351 e. The summed E-state index contributed by atoms with van der Waals surface area (Å²) in [4.78, 5) is 9.36. The Kier molecular flexibility index (Phi) is 3.61. The first-order valence-corrected chi connectivity index (χ1v) is 4.30. The van der Waals surface area contributed by atoms with Crippen LogP contribution in [0.15, 0.2) is 0 Å². The number of thiocarbonyl (C=S) groups is 1. The Hall–Kier alpha value is -1.77. The molecule has 0 saturated heterocycles. The maximum Gasteiger partial charge on any atom is 0.317 e. The molecule has 0 aromatic heterocycles. The van der Waals surface area contributed by atoms with E-state index in [1.807, 2.05) is 0 Å². The molecule has 0 saturated carbocycles. The molecule has 0 aliphatic carbocycles. The van der Waals surface area contributed by atoms with Crippen molar-refractivity contribution in [3.63, 3.8) is 0 Å². The third-order valence-corrected chi connectivity index (χ3v) is 1.98. The molecule has 1 aromatic rings. The van der Waals surface area contributed by atoms with E-state index in [9.17, 15) is 26.7 Å². The van der Waals surface area contributed by atoms with Crippen LogP contribution < -0.4 is 11.1 Å². The summed E-state index contributed by atoms with van der Waals surface area (Å²) < 4.78 is 64.3. The van der Waals surface area contributed by atoms with Crippen molar-refractivity contribution in [3.8, 4) is 0 Å². The number of carbonyl (C=O) groups is 1. The average Bonchev–Trinajstić information content (AvgIpc) is 2.23. The molecule has 1 rings (SSSR count). The van der Waals surface area contributed by atoms with E-state index in [2.05, 4.69) is 18.0 Å². The lowest BCUT2D eigenvalue weighted by Gasteiger charge is -2.09. The van der Waals surface area contributed by atoms with Gasteiger partial charge in [0, 0.05) is 0 Å². The van der Waals surface area contributed by atoms with Crippen molar-refractivity contribution in [2.75, 3.05) is 0 Å². The normalized spacial score (nSPS) is 10.2. The van der Waals surface area contributed by atoms with Gasteiger partial charge in [0.1, 0.15) is 4.99 Å². The molecule has 3 nitrogen and oxygen atoms in total. The van der Waals surface area contributed by atoms with Gasteiger partial charge in [0.05, 0.1) is 5.56 Å². The minimum atomic E-state index is -2.31. The van der Waals surface area contributed by atoms with Gasteiger partial charge in [-0.1, -0.05) is 12.2 Å². The third kappa shape index (κ3) is 2.33. The molecule has 1 aromatic carbocycles. The van der Waals surface area contributed by atoms with Crippen molar-refractivity contribution < 1.29 is 26.7 Å². The summed E-state index contributed by atoms with van der Waals surface area (Å²) in [5, 5.41) is 1.55. The van der Waals surface area contributed by atoms with Crippen LogP contribution >= 0.6 is 12.2 Å². The van der Waals surface area contributed by atoms with Crippen molar-refractivity contribution in [1.29, 1.82) is 0 Å². The summed E-state index contributed by atoms with van der Waals surface area (Å²) in [5.74, 6) is -10.9. The van der Waals surface area contributed by atoms with Gasteiger partial charge in [0.15, 0.2) is 23.3 Å². The van der Waals surface area contributed by atoms with Crippen LogP contribution in [0.5, 0.6) is 0 Å². The Morgan fingerprint density at radius 1 is 0.941 bits per heavy atom. The van der Waals surface area contributed by atoms with Crippen molar-refractivity contribution in [2.45, 2.75) is 0 Å². The minimum absolute atomic E-state index is 0.995. The second-order valence-corrected chi connectivity index (χ2v) is 3.17. The fourth-order valence-electron chi connectivity index (χ4n) is 0.979. The van der Waals surface area contributed by atoms with Crippen LogP contribution in [-0.2, 0) is 0 Å². The Labute approximate surface area is 96.4 Å². The van der Waals surface area contributed by atoms with Crippen molar-refractivity contribution in [1.82, 2.24) is 5.32 Å². The number of rotatable bonds is 1. The molecule has 0 fully saturated rings. The molecule has 0 atom stereocenters. The molecule has 0 aliphatic rings. The highest BCUT2D eigenvalue weighted by Crippen LogP contribution is 2.23. The number of nitrogens with two attached hydrogens (primary N) is 1. The smallest absolute Gasteiger partial charge is 0.317 e. The molecule has 92 valence electrons. The lowest BCUT2D eigenvalue weighted by atomic mass is 10.1. The van der Waals surface area contributed by atoms with Gasteiger partial charge in [-0.05, 0) is 0 Å². The van der Waals surface area contributed by atoms with Crippen LogP contribution in [0.4, 0.5) is 26.7 Å². The molecule has 17 heavy (non-hydrogen) atoms. The molecule has 0 spiro atoms. The number of benzene rings is 1. The SMILES string of the molecule is NC(=O)NC(=S)c1c(F)c(F)c(F)c(F)c1F. The van der Waals surface area contributed by atoms with E-state index in [0.717, 1.165) is 0 Å². The van der Waals surface area contributed by atoms with Crippen LogP contribution in [0.3, 0.4) is 0 Å². The monoisotopic (exact) mass is 270 g/mol. The highest BCUT2D eigenvalue weighted by Gasteiger charge is 2.28. The Morgan fingerprint density at radius 2 is 1.29 bits per heavy atom. The van der Waals surface area contributed by atoms with Gasteiger partial charge in [0.25, 0.3) is 0 Å². The molecule has 0 heterocycles. The molecule has 0 unspecified atom stereocenters. The summed E-state index contributed by atoms with van der Waals surface area (Å²) in [7, 11) is 0. The first-order chi connectivity index (χ1) is 7.77. The standard InChI is InChI=1S/C8H3F5N2OS/c9-2-1(7(17)15-8(14)16)3(10)5(12)6(13)4(2)11/h(H3,14,15,16,17). The fourth-order valence-corrected chi connectivity index (χ4v) is 1.26. The van der Waals surface area contributed by atoms with E-state index in [0.29, 0.717) is 0 Å². The van der Waals surface area contributed by atoms with Crippen LogP contribution in [0.25, 0.3) is 0 Å². The van der Waals surface area contributed by atoms with E-state index in [-0.39, 0.29) is 0 Å². The topological polar surface area (TPSA) is 55.1 Å². The van der Waals surface area contributed by atoms with Gasteiger partial charge in [-0.2, -0.15) is 0 Å². The lowest BCUT2D eigenvalue weighted by molar-refractivity contribution is 0.253. The Morgan fingerprint density at radius 3 is 1.65 bits per heavy atom. The number of primary amides is 1. The lowest BCUT2D eigenvalue weighted by Crippen LogP contribution is -2.35. The summed E-state index contributed by atoms with van der Waals surface area (Å²) in [6.07, 6.45) is 0. The highest BCUT2D eigenvalue weighted by atomic mass is 32.1. The summed E-state index contributed by atoms with van der Waals surface area (Å²) in [6.45, 7) is 0. The largest absolute Gasteiger partial charge is 0.351 e. The Bertz CT molecular complexity index is 490. The quantitative estimate of drug-likeness (QED) is 0.353. The van der Waals surface area contributed by atoms with Crippen molar-refractivity contribution in [2.24, 2.45) is 5.73 Å². The molecule has 0 bridgehead atoms.